The molecule has 0 bridgehead atoms. The summed E-state index contributed by atoms with van der Waals surface area (Å²) in [5.74, 6) is 1.67. The van der Waals surface area contributed by atoms with E-state index in [1.807, 2.05) is 35.6 Å². The number of aromatic nitrogens is 4. The van der Waals surface area contributed by atoms with Crippen molar-refractivity contribution >= 4 is 44.9 Å². The minimum absolute atomic E-state index is 0.503. The third-order valence-electron chi connectivity index (χ3n) is 4.61. The second-order valence-electron chi connectivity index (χ2n) is 6.37. The molecule has 5 nitrogen and oxygen atoms in total. The maximum absolute atomic E-state index is 5.93. The lowest BCUT2D eigenvalue weighted by atomic mass is 9.97. The molecule has 0 N–H and O–H groups in total. The molecule has 1 aromatic carbocycles. The summed E-state index contributed by atoms with van der Waals surface area (Å²) in [6.45, 7) is 0. The lowest BCUT2D eigenvalue weighted by Gasteiger charge is -2.11. The standard InChI is InChI=1S/C19H15ClN4OS2/c20-12-7-5-11(6-8-12)17-24-23-15(25-17)9-26-18-16-13-3-1-2-4-14(13)27-19(16)22-10-21-18/h5-8,10H,1-4,9H2. The number of aryl methyl sites for hydroxylation is 2. The highest BCUT2D eigenvalue weighted by Gasteiger charge is 2.20. The van der Waals surface area contributed by atoms with Gasteiger partial charge in [0.2, 0.25) is 11.8 Å². The van der Waals surface area contributed by atoms with Crippen molar-refractivity contribution in [1.82, 2.24) is 20.2 Å². The van der Waals surface area contributed by atoms with Crippen molar-refractivity contribution in [3.05, 3.63) is 51.9 Å². The van der Waals surface area contributed by atoms with Crippen molar-refractivity contribution in [3.63, 3.8) is 0 Å². The highest BCUT2D eigenvalue weighted by molar-refractivity contribution is 7.98. The molecule has 0 fully saturated rings. The average molecular weight is 415 g/mol. The van der Waals surface area contributed by atoms with E-state index in [1.165, 1.54) is 28.7 Å². The van der Waals surface area contributed by atoms with Crippen LogP contribution in [-0.2, 0) is 18.6 Å². The van der Waals surface area contributed by atoms with Gasteiger partial charge in [-0.25, -0.2) is 9.97 Å². The van der Waals surface area contributed by atoms with Gasteiger partial charge in [-0.3, -0.25) is 0 Å². The predicted octanol–water partition coefficient (Wildman–Crippen LogP) is 5.57. The molecule has 4 aromatic rings. The minimum Gasteiger partial charge on any atom is -0.420 e. The van der Waals surface area contributed by atoms with Gasteiger partial charge in [0.25, 0.3) is 0 Å². The number of rotatable bonds is 4. The van der Waals surface area contributed by atoms with Gasteiger partial charge in [0, 0.05) is 20.8 Å². The van der Waals surface area contributed by atoms with Crippen LogP contribution in [0.3, 0.4) is 0 Å². The first-order valence-corrected chi connectivity index (χ1v) is 10.9. The zero-order valence-corrected chi connectivity index (χ0v) is 16.7. The monoisotopic (exact) mass is 414 g/mol. The van der Waals surface area contributed by atoms with Gasteiger partial charge in [0.05, 0.1) is 5.75 Å². The van der Waals surface area contributed by atoms with Gasteiger partial charge in [-0.1, -0.05) is 23.4 Å². The number of hydrogen-bond acceptors (Lipinski definition) is 7. The lowest BCUT2D eigenvalue weighted by molar-refractivity contribution is 0.528. The smallest absolute Gasteiger partial charge is 0.247 e. The number of hydrogen-bond donors (Lipinski definition) is 0. The van der Waals surface area contributed by atoms with Gasteiger partial charge >= 0.3 is 0 Å². The van der Waals surface area contributed by atoms with E-state index in [2.05, 4.69) is 20.2 Å². The summed E-state index contributed by atoms with van der Waals surface area (Å²) >= 11 is 9.37. The van der Waals surface area contributed by atoms with E-state index in [0.717, 1.165) is 28.3 Å². The molecule has 0 spiro atoms. The van der Waals surface area contributed by atoms with Crippen LogP contribution in [0, 0.1) is 0 Å². The molecule has 0 aliphatic heterocycles. The third-order valence-corrected chi connectivity index (χ3v) is 7.03. The Morgan fingerprint density at radius 3 is 2.81 bits per heavy atom. The summed E-state index contributed by atoms with van der Waals surface area (Å²) in [7, 11) is 0. The Hall–Kier alpha value is -1.96. The number of fused-ring (bicyclic) bond motifs is 3. The van der Waals surface area contributed by atoms with E-state index in [0.29, 0.717) is 22.6 Å². The summed E-state index contributed by atoms with van der Waals surface area (Å²) in [6, 6.07) is 7.37. The first-order valence-electron chi connectivity index (χ1n) is 8.74. The second-order valence-corrected chi connectivity index (χ2v) is 8.85. The van der Waals surface area contributed by atoms with Crippen LogP contribution in [0.4, 0.5) is 0 Å². The van der Waals surface area contributed by atoms with Crippen molar-refractivity contribution in [2.45, 2.75) is 36.5 Å². The Balaban J connectivity index is 1.39. The SMILES string of the molecule is Clc1ccc(-c2nnc(CSc3ncnc4sc5c(c34)CCCC5)o2)cc1. The Morgan fingerprint density at radius 2 is 1.93 bits per heavy atom. The van der Waals surface area contributed by atoms with Gasteiger partial charge < -0.3 is 4.42 Å². The molecule has 136 valence electrons. The van der Waals surface area contributed by atoms with E-state index < -0.39 is 0 Å². The zero-order chi connectivity index (χ0) is 18.2. The molecule has 27 heavy (non-hydrogen) atoms. The Labute approximate surface area is 169 Å². The van der Waals surface area contributed by atoms with E-state index in [-0.39, 0.29) is 0 Å². The van der Waals surface area contributed by atoms with Crippen molar-refractivity contribution in [2.24, 2.45) is 0 Å². The van der Waals surface area contributed by atoms with Crippen LogP contribution < -0.4 is 0 Å². The molecule has 1 aliphatic carbocycles. The summed E-state index contributed by atoms with van der Waals surface area (Å²) in [5.41, 5.74) is 2.30. The number of nitrogens with zero attached hydrogens (tertiary/aromatic N) is 4. The van der Waals surface area contributed by atoms with Crippen LogP contribution in [0.5, 0.6) is 0 Å². The van der Waals surface area contributed by atoms with E-state index >= 15 is 0 Å². The molecule has 0 saturated heterocycles. The van der Waals surface area contributed by atoms with Crippen molar-refractivity contribution < 1.29 is 4.42 Å². The normalized spacial score (nSPS) is 13.8. The molecule has 0 saturated carbocycles. The van der Waals surface area contributed by atoms with Gasteiger partial charge in [0.1, 0.15) is 16.2 Å². The number of benzene rings is 1. The van der Waals surface area contributed by atoms with Crippen molar-refractivity contribution in [1.29, 1.82) is 0 Å². The summed E-state index contributed by atoms with van der Waals surface area (Å²) in [4.78, 5) is 11.6. The summed E-state index contributed by atoms with van der Waals surface area (Å²) < 4.78 is 5.81. The van der Waals surface area contributed by atoms with E-state index in [9.17, 15) is 0 Å². The quantitative estimate of drug-likeness (QED) is 0.321. The van der Waals surface area contributed by atoms with Crippen LogP contribution in [0.1, 0.15) is 29.2 Å². The predicted molar refractivity (Wildman–Crippen MR) is 108 cm³/mol. The molecule has 8 heteroatoms. The molecule has 5 rings (SSSR count). The highest BCUT2D eigenvalue weighted by atomic mass is 35.5. The molecular weight excluding hydrogens is 400 g/mol. The topological polar surface area (TPSA) is 64.7 Å². The lowest BCUT2D eigenvalue weighted by Crippen LogP contribution is -1.99. The molecule has 0 amide bonds. The number of thiophene rings is 1. The summed E-state index contributed by atoms with van der Waals surface area (Å²) in [6.07, 6.45) is 6.45. The molecule has 0 unspecified atom stereocenters. The maximum atomic E-state index is 5.93. The van der Waals surface area contributed by atoms with Crippen LogP contribution in [-0.4, -0.2) is 20.2 Å². The minimum atomic E-state index is 0.503. The number of thioether (sulfide) groups is 1. The van der Waals surface area contributed by atoms with E-state index in [4.69, 9.17) is 16.0 Å². The molecule has 3 aromatic heterocycles. The molecular formula is C19H15ClN4OS2. The van der Waals surface area contributed by atoms with Crippen molar-refractivity contribution in [2.75, 3.05) is 0 Å². The maximum Gasteiger partial charge on any atom is 0.247 e. The van der Waals surface area contributed by atoms with Gasteiger partial charge in [-0.2, -0.15) is 0 Å². The largest absolute Gasteiger partial charge is 0.420 e. The van der Waals surface area contributed by atoms with Crippen LogP contribution in [0.15, 0.2) is 40.0 Å². The van der Waals surface area contributed by atoms with Gasteiger partial charge in [0.15, 0.2) is 0 Å². The van der Waals surface area contributed by atoms with Crippen molar-refractivity contribution in [3.8, 4) is 11.5 Å². The van der Waals surface area contributed by atoms with Crippen LogP contribution >= 0.6 is 34.7 Å². The number of halogens is 1. The second kappa shape index (κ2) is 7.22. The average Bonchev–Trinajstić information content (AvgIpc) is 3.31. The fourth-order valence-corrected chi connectivity index (χ4v) is 5.60. The van der Waals surface area contributed by atoms with Crippen LogP contribution in [0.25, 0.3) is 21.7 Å². The molecule has 0 radical (unpaired) electrons. The molecule has 0 atom stereocenters. The molecule has 3 heterocycles. The highest BCUT2D eigenvalue weighted by Crippen LogP contribution is 2.39. The van der Waals surface area contributed by atoms with Gasteiger partial charge in [-0.15, -0.1) is 21.5 Å². The first kappa shape index (κ1) is 17.2. The van der Waals surface area contributed by atoms with Crippen LogP contribution in [0.2, 0.25) is 5.02 Å². The summed E-state index contributed by atoms with van der Waals surface area (Å²) in [5, 5.41) is 11.2. The third kappa shape index (κ3) is 3.35. The Bertz CT molecular complexity index is 1110. The fourth-order valence-electron chi connectivity index (χ4n) is 3.32. The van der Waals surface area contributed by atoms with E-state index in [1.54, 1.807) is 18.1 Å². The Kier molecular flexibility index (Phi) is 4.59. The molecule has 1 aliphatic rings. The van der Waals surface area contributed by atoms with Gasteiger partial charge in [-0.05, 0) is 55.5 Å². The Morgan fingerprint density at radius 1 is 1.07 bits per heavy atom. The fraction of sp³-hybridized carbons (Fsp3) is 0.263. The first-order chi connectivity index (χ1) is 13.3. The zero-order valence-electron chi connectivity index (χ0n) is 14.3.